The molecule has 2 aromatic heterocycles. The largest absolute Gasteiger partial charge is 0.467 e. The Bertz CT molecular complexity index is 1110. The van der Waals surface area contributed by atoms with E-state index < -0.39 is 13.9 Å². The van der Waals surface area contributed by atoms with Crippen LogP contribution in [0, 0.1) is 0 Å². The number of nitrogens with two attached hydrogens (primary N) is 1. The molecule has 3 aromatic rings. The van der Waals surface area contributed by atoms with Crippen LogP contribution < -0.4 is 21.5 Å². The third-order valence-electron chi connectivity index (χ3n) is 3.98. The van der Waals surface area contributed by atoms with Crippen molar-refractivity contribution in [3.63, 3.8) is 0 Å². The lowest BCUT2D eigenvalue weighted by Crippen LogP contribution is -2.26. The van der Waals surface area contributed by atoms with Crippen molar-refractivity contribution >= 4 is 31.1 Å². The smallest absolute Gasteiger partial charge is 0.328 e. The average Bonchev–Trinajstić information content (AvgIpc) is 3.01. The van der Waals surface area contributed by atoms with Gasteiger partial charge in [-0.3, -0.25) is 13.9 Å². The second kappa shape index (κ2) is 8.86. The topological polar surface area (TPSA) is 174 Å². The summed E-state index contributed by atoms with van der Waals surface area (Å²) in [7, 11) is -1.61. The number of aromatic amines is 1. The maximum absolute atomic E-state index is 12.3. The third kappa shape index (κ3) is 4.80. The number of hydrogen-bond donors (Lipinski definition) is 4. The summed E-state index contributed by atoms with van der Waals surface area (Å²) in [5.74, 6) is -0.252. The highest BCUT2D eigenvalue weighted by Gasteiger charge is 2.15. The summed E-state index contributed by atoms with van der Waals surface area (Å²) in [4.78, 5) is 43.6. The van der Waals surface area contributed by atoms with Gasteiger partial charge in [-0.1, -0.05) is 12.1 Å². The van der Waals surface area contributed by atoms with Gasteiger partial charge in [0.15, 0.2) is 11.5 Å². The van der Waals surface area contributed by atoms with Crippen molar-refractivity contribution in [1.82, 2.24) is 24.8 Å². The first kappa shape index (κ1) is 20.5. The zero-order chi connectivity index (χ0) is 21.0. The van der Waals surface area contributed by atoms with Crippen molar-refractivity contribution < 1.29 is 23.5 Å². The summed E-state index contributed by atoms with van der Waals surface area (Å²) in [5.41, 5.74) is 7.20. The number of rotatable bonds is 8. The van der Waals surface area contributed by atoms with Gasteiger partial charge in [0, 0.05) is 12.1 Å². The highest BCUT2D eigenvalue weighted by Crippen LogP contribution is 2.18. The van der Waals surface area contributed by atoms with E-state index in [4.69, 9.17) is 15.4 Å². The number of ether oxygens (including phenoxy) is 1. The molecule has 0 saturated heterocycles. The highest BCUT2D eigenvalue weighted by atomic mass is 31.1. The predicted octanol–water partition coefficient (Wildman–Crippen LogP) is -0.113. The molecule has 0 aliphatic rings. The fourth-order valence-corrected chi connectivity index (χ4v) is 2.89. The number of benzene rings is 1. The minimum atomic E-state index is -3.01. The molecule has 1 unspecified atom stereocenters. The van der Waals surface area contributed by atoms with Crippen LogP contribution in [0.25, 0.3) is 11.2 Å². The zero-order valence-corrected chi connectivity index (χ0v) is 16.3. The minimum absolute atomic E-state index is 0.0465. The summed E-state index contributed by atoms with van der Waals surface area (Å²) in [6.07, 6.45) is 0. The molecule has 2 heterocycles. The molecule has 0 bridgehead atoms. The molecule has 0 aliphatic carbocycles. The number of nitrogen functional groups attached to an aromatic ring is 1. The SMILES string of the molecule is COc1nc(N)c2[nH]c(=O)n(Cc3ccc(C(=O)NCCO[PH](=O)O)cc3)c2n1. The minimum Gasteiger partial charge on any atom is -0.467 e. The van der Waals surface area contributed by atoms with E-state index in [2.05, 4.69) is 24.8 Å². The fourth-order valence-electron chi connectivity index (χ4n) is 2.62. The maximum Gasteiger partial charge on any atom is 0.328 e. The van der Waals surface area contributed by atoms with E-state index in [0.717, 1.165) is 5.56 Å². The molecular weight excluding hydrogens is 403 g/mol. The molecule has 0 aliphatic heterocycles. The number of aromatic nitrogens is 4. The van der Waals surface area contributed by atoms with Gasteiger partial charge in [-0.2, -0.15) is 9.97 Å². The second-order valence-electron chi connectivity index (χ2n) is 5.88. The van der Waals surface area contributed by atoms with Crippen LogP contribution >= 0.6 is 8.25 Å². The lowest BCUT2D eigenvalue weighted by molar-refractivity contribution is 0.0946. The Morgan fingerprint density at radius 1 is 1.34 bits per heavy atom. The predicted molar refractivity (Wildman–Crippen MR) is 104 cm³/mol. The number of nitrogens with zero attached hydrogens (tertiary/aromatic N) is 3. The van der Waals surface area contributed by atoms with Crippen LogP contribution in [0.5, 0.6) is 6.01 Å². The zero-order valence-electron chi connectivity index (χ0n) is 15.3. The number of carbonyl (C=O) groups excluding carboxylic acids is 1. The molecule has 29 heavy (non-hydrogen) atoms. The van der Waals surface area contributed by atoms with E-state index in [1.165, 1.54) is 11.7 Å². The van der Waals surface area contributed by atoms with Gasteiger partial charge in [-0.15, -0.1) is 0 Å². The van der Waals surface area contributed by atoms with E-state index in [0.29, 0.717) is 16.7 Å². The molecule has 3 rings (SSSR count). The number of methoxy groups -OCH3 is 1. The van der Waals surface area contributed by atoms with Crippen LogP contribution in [-0.4, -0.2) is 50.6 Å². The van der Waals surface area contributed by atoms with Gasteiger partial charge >= 0.3 is 20.0 Å². The van der Waals surface area contributed by atoms with E-state index in [1.807, 2.05) is 0 Å². The monoisotopic (exact) mass is 422 g/mol. The van der Waals surface area contributed by atoms with Gasteiger partial charge < -0.3 is 30.2 Å². The van der Waals surface area contributed by atoms with E-state index in [1.54, 1.807) is 24.3 Å². The third-order valence-corrected chi connectivity index (χ3v) is 4.43. The molecule has 1 aromatic carbocycles. The summed E-state index contributed by atoms with van der Waals surface area (Å²) in [5, 5.41) is 2.57. The van der Waals surface area contributed by atoms with Gasteiger partial charge in [-0.25, -0.2) is 4.79 Å². The number of nitrogens with one attached hydrogen (secondary N) is 2. The van der Waals surface area contributed by atoms with Crippen molar-refractivity contribution in [1.29, 1.82) is 0 Å². The normalized spacial score (nSPS) is 12.1. The van der Waals surface area contributed by atoms with Crippen molar-refractivity contribution in [2.24, 2.45) is 0 Å². The van der Waals surface area contributed by atoms with Gasteiger partial charge in [0.05, 0.1) is 20.3 Å². The van der Waals surface area contributed by atoms with Gasteiger partial charge in [0.2, 0.25) is 0 Å². The molecule has 0 radical (unpaired) electrons. The number of fused-ring (bicyclic) bond motifs is 1. The van der Waals surface area contributed by atoms with Crippen LogP contribution in [0.4, 0.5) is 5.82 Å². The Kier molecular flexibility index (Phi) is 6.27. The molecule has 0 fully saturated rings. The first-order valence-electron chi connectivity index (χ1n) is 8.42. The second-order valence-corrected chi connectivity index (χ2v) is 6.70. The summed E-state index contributed by atoms with van der Waals surface area (Å²) >= 11 is 0. The van der Waals surface area contributed by atoms with Crippen molar-refractivity contribution in [3.05, 3.63) is 45.9 Å². The van der Waals surface area contributed by atoms with Crippen LogP contribution in [-0.2, 0) is 15.6 Å². The Balaban J connectivity index is 1.74. The lowest BCUT2D eigenvalue weighted by atomic mass is 10.1. The molecule has 154 valence electrons. The van der Waals surface area contributed by atoms with Crippen LogP contribution in [0.15, 0.2) is 29.1 Å². The number of amides is 1. The van der Waals surface area contributed by atoms with Gasteiger partial charge in [0.1, 0.15) is 5.52 Å². The van der Waals surface area contributed by atoms with E-state index in [-0.39, 0.29) is 37.4 Å². The highest BCUT2D eigenvalue weighted by molar-refractivity contribution is 7.32. The van der Waals surface area contributed by atoms with Crippen molar-refractivity contribution in [3.8, 4) is 6.01 Å². The molecule has 0 saturated carbocycles. The molecule has 5 N–H and O–H groups in total. The van der Waals surface area contributed by atoms with Crippen LogP contribution in [0.2, 0.25) is 0 Å². The molecule has 1 amide bonds. The summed E-state index contributed by atoms with van der Waals surface area (Å²) in [6, 6.07) is 6.65. The maximum atomic E-state index is 12.3. The lowest BCUT2D eigenvalue weighted by Gasteiger charge is -2.07. The van der Waals surface area contributed by atoms with Crippen molar-refractivity contribution in [2.45, 2.75) is 6.54 Å². The Morgan fingerprint density at radius 3 is 2.72 bits per heavy atom. The Hall–Kier alpha value is -3.21. The van der Waals surface area contributed by atoms with Crippen molar-refractivity contribution in [2.75, 3.05) is 26.0 Å². The molecule has 13 heteroatoms. The fraction of sp³-hybridized carbons (Fsp3) is 0.250. The van der Waals surface area contributed by atoms with E-state index >= 15 is 0 Å². The number of anilines is 1. The number of hydrogen-bond acceptors (Lipinski definition) is 8. The number of carbonyl (C=O) groups is 1. The number of H-pyrrole nitrogens is 1. The quantitative estimate of drug-likeness (QED) is 0.285. The Labute approximate surface area is 164 Å². The average molecular weight is 422 g/mol. The summed E-state index contributed by atoms with van der Waals surface area (Å²) in [6.45, 7) is 0.236. The Morgan fingerprint density at radius 2 is 2.07 bits per heavy atom. The van der Waals surface area contributed by atoms with Gasteiger partial charge in [0.25, 0.3) is 5.91 Å². The van der Waals surface area contributed by atoms with Crippen LogP contribution in [0.3, 0.4) is 0 Å². The molecular formula is C16H19N6O6P. The standard InChI is InChI=1S/C16H19N6O6P/c1-27-15-20-12(17)11-13(21-15)22(16(24)19-11)8-9-2-4-10(5-3-9)14(23)18-6-7-28-29(25)26/h2-5,29H,6-8H2,1H3,(H,18,23)(H,19,24)(H,25,26)(H2,17,20,21). The first-order chi connectivity index (χ1) is 13.9. The molecule has 1 atom stereocenters. The first-order valence-corrected chi connectivity index (χ1v) is 9.68. The number of imidazole rings is 1. The van der Waals surface area contributed by atoms with Crippen LogP contribution in [0.1, 0.15) is 15.9 Å². The van der Waals surface area contributed by atoms with E-state index in [9.17, 15) is 14.2 Å². The van der Waals surface area contributed by atoms with Gasteiger partial charge in [-0.05, 0) is 17.7 Å². The molecule has 12 nitrogen and oxygen atoms in total. The molecule has 0 spiro atoms. The summed E-state index contributed by atoms with van der Waals surface area (Å²) < 4.78 is 21.3.